The van der Waals surface area contributed by atoms with Gasteiger partial charge in [0.15, 0.2) is 17.1 Å². The molecule has 1 aliphatic rings. The van der Waals surface area contributed by atoms with Crippen LogP contribution in [0.4, 0.5) is 0 Å². The Balaban J connectivity index is 1.56. The van der Waals surface area contributed by atoms with Crippen LogP contribution in [0.15, 0.2) is 36.8 Å². The van der Waals surface area contributed by atoms with Crippen LogP contribution < -0.4 is 9.47 Å². The molecule has 0 amide bonds. The topological polar surface area (TPSA) is 92.8 Å². The molecule has 4 heterocycles. The van der Waals surface area contributed by atoms with Crippen molar-refractivity contribution in [1.29, 1.82) is 0 Å². The fourth-order valence-electron chi connectivity index (χ4n) is 3.14. The lowest BCUT2D eigenvalue weighted by atomic mass is 10.1. The van der Waals surface area contributed by atoms with Crippen LogP contribution in [0.5, 0.6) is 11.5 Å². The molecule has 0 aliphatic carbocycles. The van der Waals surface area contributed by atoms with Gasteiger partial charge in [-0.05, 0) is 24.6 Å². The summed E-state index contributed by atoms with van der Waals surface area (Å²) >= 11 is 0. The number of rotatable bonds is 3. The lowest BCUT2D eigenvalue weighted by Gasteiger charge is -2.20. The SMILES string of the molecule is C[C@H](c1ccc2c(c1)OCCO2)n1nnc2ncc(-c3cnn(C)c3)nc21. The molecule has 0 saturated heterocycles. The van der Waals surface area contributed by atoms with Gasteiger partial charge in [0.1, 0.15) is 13.2 Å². The normalized spacial score (nSPS) is 14.4. The second-order valence-corrected chi connectivity index (χ2v) is 6.42. The first-order valence-corrected chi connectivity index (χ1v) is 8.65. The summed E-state index contributed by atoms with van der Waals surface area (Å²) in [5.41, 5.74) is 3.78. The minimum absolute atomic E-state index is 0.0933. The molecular weight excluding hydrogens is 346 g/mol. The van der Waals surface area contributed by atoms with E-state index in [1.54, 1.807) is 21.8 Å². The van der Waals surface area contributed by atoms with Gasteiger partial charge in [-0.15, -0.1) is 5.10 Å². The summed E-state index contributed by atoms with van der Waals surface area (Å²) in [6.07, 6.45) is 5.34. The molecule has 0 saturated carbocycles. The Morgan fingerprint density at radius 2 is 1.96 bits per heavy atom. The van der Waals surface area contributed by atoms with E-state index >= 15 is 0 Å². The molecule has 0 fully saturated rings. The summed E-state index contributed by atoms with van der Waals surface area (Å²) in [6.45, 7) is 3.16. The Bertz CT molecular complexity index is 1130. The molecule has 9 nitrogen and oxygen atoms in total. The second-order valence-electron chi connectivity index (χ2n) is 6.42. The molecule has 9 heteroatoms. The van der Waals surface area contributed by atoms with Gasteiger partial charge in [0.2, 0.25) is 5.65 Å². The Labute approximate surface area is 154 Å². The lowest BCUT2D eigenvalue weighted by Crippen LogP contribution is -2.16. The highest BCUT2D eigenvalue weighted by Gasteiger charge is 2.19. The van der Waals surface area contributed by atoms with E-state index in [0.717, 1.165) is 28.3 Å². The summed E-state index contributed by atoms with van der Waals surface area (Å²) in [5.74, 6) is 1.51. The molecule has 0 spiro atoms. The maximum absolute atomic E-state index is 5.69. The van der Waals surface area contributed by atoms with Gasteiger partial charge >= 0.3 is 0 Å². The zero-order valence-electron chi connectivity index (χ0n) is 14.9. The number of hydrogen-bond donors (Lipinski definition) is 0. The molecule has 0 bridgehead atoms. The largest absolute Gasteiger partial charge is 0.486 e. The van der Waals surface area contributed by atoms with Crippen molar-refractivity contribution in [3.8, 4) is 22.8 Å². The highest BCUT2D eigenvalue weighted by molar-refractivity contribution is 5.69. The minimum atomic E-state index is -0.0933. The maximum Gasteiger partial charge on any atom is 0.221 e. The zero-order chi connectivity index (χ0) is 18.4. The van der Waals surface area contributed by atoms with Crippen LogP contribution in [0, 0.1) is 0 Å². The predicted molar refractivity (Wildman–Crippen MR) is 96.6 cm³/mol. The summed E-state index contributed by atoms with van der Waals surface area (Å²) in [5, 5.41) is 12.6. The van der Waals surface area contributed by atoms with Gasteiger partial charge in [0.05, 0.1) is 24.1 Å². The highest BCUT2D eigenvalue weighted by Crippen LogP contribution is 2.33. The lowest BCUT2D eigenvalue weighted by molar-refractivity contribution is 0.171. The Kier molecular flexibility index (Phi) is 3.52. The number of nitrogens with zero attached hydrogens (tertiary/aromatic N) is 7. The van der Waals surface area contributed by atoms with Gasteiger partial charge in [0, 0.05) is 18.8 Å². The van der Waals surface area contributed by atoms with Crippen LogP contribution >= 0.6 is 0 Å². The molecular formula is C18H17N7O2. The van der Waals surface area contributed by atoms with E-state index in [4.69, 9.17) is 14.5 Å². The fraction of sp³-hybridized carbons (Fsp3) is 0.278. The molecule has 0 N–H and O–H groups in total. The smallest absolute Gasteiger partial charge is 0.221 e. The summed E-state index contributed by atoms with van der Waals surface area (Å²) in [4.78, 5) is 9.11. The van der Waals surface area contributed by atoms with E-state index in [0.29, 0.717) is 24.5 Å². The molecule has 1 atom stereocenters. The van der Waals surface area contributed by atoms with E-state index < -0.39 is 0 Å². The van der Waals surface area contributed by atoms with Gasteiger partial charge < -0.3 is 9.47 Å². The molecule has 136 valence electrons. The fourth-order valence-corrected chi connectivity index (χ4v) is 3.14. The first-order valence-electron chi connectivity index (χ1n) is 8.65. The van der Waals surface area contributed by atoms with Crippen LogP contribution in [0.25, 0.3) is 22.6 Å². The monoisotopic (exact) mass is 363 g/mol. The molecule has 0 radical (unpaired) electrons. The van der Waals surface area contributed by atoms with Crippen molar-refractivity contribution in [2.75, 3.05) is 13.2 Å². The van der Waals surface area contributed by atoms with E-state index in [1.807, 2.05) is 38.4 Å². The minimum Gasteiger partial charge on any atom is -0.486 e. The molecule has 1 aliphatic heterocycles. The standard InChI is InChI=1S/C18H17N7O2/c1-11(12-3-4-15-16(7-12)27-6-5-26-15)25-18-17(22-23-25)19-9-14(21-18)13-8-20-24(2)10-13/h3-4,7-11H,5-6H2,1-2H3/t11-/m1/s1. The summed E-state index contributed by atoms with van der Waals surface area (Å²) in [7, 11) is 1.87. The highest BCUT2D eigenvalue weighted by atomic mass is 16.6. The van der Waals surface area contributed by atoms with Gasteiger partial charge in [-0.25, -0.2) is 14.6 Å². The van der Waals surface area contributed by atoms with E-state index in [2.05, 4.69) is 20.4 Å². The van der Waals surface area contributed by atoms with Crippen molar-refractivity contribution >= 4 is 11.3 Å². The van der Waals surface area contributed by atoms with Crippen molar-refractivity contribution in [3.63, 3.8) is 0 Å². The number of aryl methyl sites for hydroxylation is 1. The number of fused-ring (bicyclic) bond motifs is 2. The average Bonchev–Trinajstić information content (AvgIpc) is 3.32. The van der Waals surface area contributed by atoms with Gasteiger partial charge in [-0.1, -0.05) is 11.3 Å². The Morgan fingerprint density at radius 1 is 1.11 bits per heavy atom. The third-order valence-electron chi connectivity index (χ3n) is 4.60. The van der Waals surface area contributed by atoms with Crippen LogP contribution in [0.1, 0.15) is 18.5 Å². The molecule has 5 rings (SSSR count). The first-order chi connectivity index (χ1) is 13.2. The summed E-state index contributed by atoms with van der Waals surface area (Å²) in [6, 6.07) is 5.81. The number of hydrogen-bond acceptors (Lipinski definition) is 7. The second kappa shape index (κ2) is 6.04. The molecule has 4 aromatic rings. The predicted octanol–water partition coefficient (Wildman–Crippen LogP) is 2.00. The maximum atomic E-state index is 5.69. The average molecular weight is 363 g/mol. The van der Waals surface area contributed by atoms with Crippen LogP contribution in [-0.2, 0) is 7.05 Å². The van der Waals surface area contributed by atoms with Crippen molar-refractivity contribution in [3.05, 3.63) is 42.4 Å². The van der Waals surface area contributed by atoms with E-state index in [1.165, 1.54) is 0 Å². The molecule has 3 aromatic heterocycles. The number of ether oxygens (including phenoxy) is 2. The van der Waals surface area contributed by atoms with Crippen LogP contribution in [-0.4, -0.2) is 48.0 Å². The third kappa shape index (κ3) is 2.67. The van der Waals surface area contributed by atoms with Crippen molar-refractivity contribution in [2.24, 2.45) is 7.05 Å². The molecule has 1 aromatic carbocycles. The van der Waals surface area contributed by atoms with Crippen molar-refractivity contribution < 1.29 is 9.47 Å². The molecule has 0 unspecified atom stereocenters. The van der Waals surface area contributed by atoms with Crippen molar-refractivity contribution in [1.82, 2.24) is 34.7 Å². The first kappa shape index (κ1) is 15.7. The Hall–Kier alpha value is -3.49. The van der Waals surface area contributed by atoms with Gasteiger partial charge in [-0.2, -0.15) is 5.10 Å². The molecule has 27 heavy (non-hydrogen) atoms. The Morgan fingerprint density at radius 3 is 2.78 bits per heavy atom. The van der Waals surface area contributed by atoms with E-state index in [-0.39, 0.29) is 6.04 Å². The third-order valence-corrected chi connectivity index (χ3v) is 4.60. The van der Waals surface area contributed by atoms with Gasteiger partial charge in [-0.3, -0.25) is 4.68 Å². The van der Waals surface area contributed by atoms with Crippen molar-refractivity contribution in [2.45, 2.75) is 13.0 Å². The zero-order valence-corrected chi connectivity index (χ0v) is 14.9. The summed E-state index contributed by atoms with van der Waals surface area (Å²) < 4.78 is 14.8. The number of benzene rings is 1. The number of aromatic nitrogens is 7. The van der Waals surface area contributed by atoms with Gasteiger partial charge in [0.25, 0.3) is 0 Å². The quantitative estimate of drug-likeness (QED) is 0.549. The van der Waals surface area contributed by atoms with Crippen LogP contribution in [0.2, 0.25) is 0 Å². The van der Waals surface area contributed by atoms with Crippen LogP contribution in [0.3, 0.4) is 0 Å². The van der Waals surface area contributed by atoms with E-state index in [9.17, 15) is 0 Å².